The smallest absolute Gasteiger partial charge is 0.338 e. The molecule has 6 heteroatoms. The van der Waals surface area contributed by atoms with Gasteiger partial charge in [-0.3, -0.25) is 0 Å². The molecule has 2 aliphatic heterocycles. The number of rotatable bonds is 3. The summed E-state index contributed by atoms with van der Waals surface area (Å²) in [4.78, 5) is 18.9. The standard InChI is InChI=1S/C16H15ClN2O2S/c1-3-21-15(20)13-10(2)18-16-19(8-9-22-16)14(13)11-4-6-12(17)7-5-11/h4-9,14H,3H2,1-2H3. The molecule has 4 nitrogen and oxygen atoms in total. The highest BCUT2D eigenvalue weighted by Gasteiger charge is 2.37. The molecule has 0 fully saturated rings. The number of esters is 1. The Morgan fingerprint density at radius 3 is 2.82 bits per heavy atom. The lowest BCUT2D eigenvalue weighted by Crippen LogP contribution is -2.34. The third-order valence-corrected chi connectivity index (χ3v) is 4.52. The van der Waals surface area contributed by atoms with Gasteiger partial charge in [-0.25, -0.2) is 9.79 Å². The first-order chi connectivity index (χ1) is 10.6. The highest BCUT2D eigenvalue weighted by molar-refractivity contribution is 8.16. The van der Waals surface area contributed by atoms with E-state index in [-0.39, 0.29) is 12.0 Å². The Morgan fingerprint density at radius 2 is 2.14 bits per heavy atom. The number of thioether (sulfide) groups is 1. The zero-order valence-corrected chi connectivity index (χ0v) is 13.8. The minimum Gasteiger partial charge on any atom is -0.463 e. The van der Waals surface area contributed by atoms with E-state index in [4.69, 9.17) is 16.3 Å². The molecule has 1 atom stereocenters. The van der Waals surface area contributed by atoms with Crippen LogP contribution >= 0.6 is 23.4 Å². The summed E-state index contributed by atoms with van der Waals surface area (Å²) in [5.41, 5.74) is 2.24. The number of aliphatic imine (C=N–C) groups is 1. The molecule has 22 heavy (non-hydrogen) atoms. The van der Waals surface area contributed by atoms with Gasteiger partial charge in [-0.1, -0.05) is 35.5 Å². The zero-order chi connectivity index (χ0) is 15.7. The van der Waals surface area contributed by atoms with E-state index in [0.717, 1.165) is 10.7 Å². The highest BCUT2D eigenvalue weighted by Crippen LogP contribution is 2.41. The molecule has 0 aromatic heterocycles. The summed E-state index contributed by atoms with van der Waals surface area (Å²) >= 11 is 7.52. The maximum absolute atomic E-state index is 12.4. The predicted molar refractivity (Wildman–Crippen MR) is 89.5 cm³/mol. The van der Waals surface area contributed by atoms with E-state index >= 15 is 0 Å². The summed E-state index contributed by atoms with van der Waals surface area (Å²) in [6.45, 7) is 3.98. The van der Waals surface area contributed by atoms with Gasteiger partial charge in [0.2, 0.25) is 0 Å². The summed E-state index contributed by atoms with van der Waals surface area (Å²) in [6, 6.07) is 7.27. The van der Waals surface area contributed by atoms with Crippen molar-refractivity contribution in [3.05, 3.63) is 57.7 Å². The molecular weight excluding hydrogens is 320 g/mol. The SMILES string of the molecule is CCOC(=O)C1=C(C)N=C2SC=CN2C1c1ccc(Cl)cc1. The first-order valence-electron chi connectivity index (χ1n) is 6.95. The second-order valence-electron chi connectivity index (χ2n) is 4.88. The number of fused-ring (bicyclic) bond motifs is 1. The van der Waals surface area contributed by atoms with Crippen LogP contribution in [0.4, 0.5) is 0 Å². The summed E-state index contributed by atoms with van der Waals surface area (Å²) < 4.78 is 5.23. The van der Waals surface area contributed by atoms with Crippen molar-refractivity contribution < 1.29 is 9.53 Å². The molecule has 0 saturated carbocycles. The molecular formula is C16H15ClN2O2S. The van der Waals surface area contributed by atoms with Gasteiger partial charge < -0.3 is 9.64 Å². The van der Waals surface area contributed by atoms with Crippen molar-refractivity contribution in [3.8, 4) is 0 Å². The largest absolute Gasteiger partial charge is 0.463 e. The number of hydrogen-bond acceptors (Lipinski definition) is 5. The van der Waals surface area contributed by atoms with Crippen molar-refractivity contribution in [2.45, 2.75) is 19.9 Å². The van der Waals surface area contributed by atoms with Gasteiger partial charge in [-0.05, 0) is 37.0 Å². The van der Waals surface area contributed by atoms with Gasteiger partial charge >= 0.3 is 5.97 Å². The van der Waals surface area contributed by atoms with Gasteiger partial charge in [-0.15, -0.1) is 0 Å². The van der Waals surface area contributed by atoms with Crippen molar-refractivity contribution in [2.24, 2.45) is 4.99 Å². The van der Waals surface area contributed by atoms with E-state index in [9.17, 15) is 4.79 Å². The minimum absolute atomic E-state index is 0.241. The lowest BCUT2D eigenvalue weighted by molar-refractivity contribution is -0.139. The van der Waals surface area contributed by atoms with Crippen LogP contribution in [0.25, 0.3) is 0 Å². The quantitative estimate of drug-likeness (QED) is 0.780. The van der Waals surface area contributed by atoms with Gasteiger partial charge in [0, 0.05) is 11.2 Å². The Kier molecular flexibility index (Phi) is 4.27. The molecule has 0 bridgehead atoms. The van der Waals surface area contributed by atoms with Crippen LogP contribution in [0.5, 0.6) is 0 Å². The van der Waals surface area contributed by atoms with Crippen LogP contribution in [-0.2, 0) is 9.53 Å². The first kappa shape index (κ1) is 15.2. The monoisotopic (exact) mass is 334 g/mol. The van der Waals surface area contributed by atoms with Crippen molar-refractivity contribution in [3.63, 3.8) is 0 Å². The van der Waals surface area contributed by atoms with Crippen LogP contribution < -0.4 is 0 Å². The Labute approximate surface area is 138 Å². The average Bonchev–Trinajstić information content (AvgIpc) is 2.94. The topological polar surface area (TPSA) is 41.9 Å². The van der Waals surface area contributed by atoms with E-state index < -0.39 is 0 Å². The summed E-state index contributed by atoms with van der Waals surface area (Å²) in [5, 5.41) is 3.49. The van der Waals surface area contributed by atoms with Gasteiger partial charge in [-0.2, -0.15) is 0 Å². The van der Waals surface area contributed by atoms with Crippen LogP contribution in [-0.4, -0.2) is 22.6 Å². The molecule has 0 saturated heterocycles. The number of amidine groups is 1. The fourth-order valence-corrected chi connectivity index (χ4v) is 3.46. The van der Waals surface area contributed by atoms with E-state index in [1.54, 1.807) is 18.7 Å². The second kappa shape index (κ2) is 6.18. The van der Waals surface area contributed by atoms with E-state index in [1.807, 2.05) is 47.7 Å². The van der Waals surface area contributed by atoms with Gasteiger partial charge in [0.25, 0.3) is 0 Å². The number of halogens is 1. The fraction of sp³-hybridized carbons (Fsp3) is 0.250. The molecule has 114 valence electrons. The van der Waals surface area contributed by atoms with Gasteiger partial charge in [0.1, 0.15) is 0 Å². The normalized spacial score (nSPS) is 20.0. The summed E-state index contributed by atoms with van der Waals surface area (Å²) in [6.07, 6.45) is 1.94. The molecule has 1 aromatic carbocycles. The molecule has 0 aliphatic carbocycles. The van der Waals surface area contributed by atoms with Crippen LogP contribution in [0.15, 0.2) is 52.1 Å². The number of nitrogens with zero attached hydrogens (tertiary/aromatic N) is 2. The second-order valence-corrected chi connectivity index (χ2v) is 6.19. The van der Waals surface area contributed by atoms with Gasteiger partial charge in [0.05, 0.1) is 23.9 Å². The lowest BCUT2D eigenvalue weighted by atomic mass is 9.95. The Morgan fingerprint density at radius 1 is 1.41 bits per heavy atom. The third-order valence-electron chi connectivity index (χ3n) is 3.50. The molecule has 0 spiro atoms. The number of carbonyl (C=O) groups excluding carboxylic acids is 1. The highest BCUT2D eigenvalue weighted by atomic mass is 35.5. The number of benzene rings is 1. The number of allylic oxidation sites excluding steroid dienone is 1. The molecule has 3 rings (SSSR count). The van der Waals surface area contributed by atoms with Crippen LogP contribution in [0.3, 0.4) is 0 Å². The van der Waals surface area contributed by atoms with Gasteiger partial charge in [0.15, 0.2) is 5.17 Å². The van der Waals surface area contributed by atoms with Crippen LogP contribution in [0, 0.1) is 0 Å². The van der Waals surface area contributed by atoms with Crippen molar-refractivity contribution >= 4 is 34.5 Å². The first-order valence-corrected chi connectivity index (χ1v) is 8.21. The summed E-state index contributed by atoms with van der Waals surface area (Å²) in [5.74, 6) is -0.326. The van der Waals surface area contributed by atoms with Crippen molar-refractivity contribution in [1.82, 2.24) is 4.90 Å². The Bertz CT molecular complexity index is 695. The molecule has 0 radical (unpaired) electrons. The van der Waals surface area contributed by atoms with E-state index in [1.165, 1.54) is 0 Å². The van der Waals surface area contributed by atoms with Crippen molar-refractivity contribution in [1.29, 1.82) is 0 Å². The Balaban J connectivity index is 2.09. The molecule has 1 unspecified atom stereocenters. The van der Waals surface area contributed by atoms with Crippen LogP contribution in [0.1, 0.15) is 25.5 Å². The summed E-state index contributed by atoms with van der Waals surface area (Å²) in [7, 11) is 0. The molecule has 0 amide bonds. The van der Waals surface area contributed by atoms with E-state index in [2.05, 4.69) is 4.99 Å². The number of hydrogen-bond donors (Lipinski definition) is 0. The number of carbonyl (C=O) groups is 1. The van der Waals surface area contributed by atoms with E-state index in [0.29, 0.717) is 22.9 Å². The predicted octanol–water partition coefficient (Wildman–Crippen LogP) is 4.11. The Hall–Kier alpha value is -1.72. The molecule has 1 aromatic rings. The fourth-order valence-electron chi connectivity index (χ4n) is 2.54. The number of ether oxygens (including phenoxy) is 1. The zero-order valence-electron chi connectivity index (χ0n) is 12.2. The van der Waals surface area contributed by atoms with Crippen molar-refractivity contribution in [2.75, 3.05) is 6.61 Å². The van der Waals surface area contributed by atoms with Crippen LogP contribution in [0.2, 0.25) is 5.02 Å². The average molecular weight is 335 g/mol. The molecule has 0 N–H and O–H groups in total. The molecule has 2 aliphatic rings. The maximum Gasteiger partial charge on any atom is 0.338 e. The lowest BCUT2D eigenvalue weighted by Gasteiger charge is -2.33. The molecule has 2 heterocycles. The maximum atomic E-state index is 12.4. The third kappa shape index (κ3) is 2.66. The minimum atomic E-state index is -0.326.